The normalized spacial score (nSPS) is 11.5. The van der Waals surface area contributed by atoms with E-state index < -0.39 is 5.79 Å². The Morgan fingerprint density at radius 3 is 2.41 bits per heavy atom. The largest absolute Gasteiger partial charge is 0.370 e. The Hall–Kier alpha value is -1.53. The molecule has 0 aliphatic heterocycles. The van der Waals surface area contributed by atoms with Crippen molar-refractivity contribution in [1.82, 2.24) is 9.97 Å². The maximum atomic E-state index is 10.6. The number of nitrogens with zero attached hydrogens (tertiary/aromatic N) is 2. The molecule has 0 fully saturated rings. The summed E-state index contributed by atoms with van der Waals surface area (Å²) in [6.07, 6.45) is 3.91. The Morgan fingerprint density at radius 1 is 1.35 bits per heavy atom. The zero-order valence-electron chi connectivity index (χ0n) is 10.3. The number of aromatic nitrogens is 2. The first-order valence-electron chi connectivity index (χ1n) is 5.22. The van der Waals surface area contributed by atoms with Crippen LogP contribution in [-0.4, -0.2) is 30.1 Å². The second-order valence-corrected chi connectivity index (χ2v) is 3.71. The highest BCUT2D eigenvalue weighted by molar-refractivity contribution is 5.73. The Labute approximate surface area is 100 Å². The Kier molecular flexibility index (Phi) is 4.53. The molecule has 1 aromatic rings. The number of nitrogens with two attached hydrogens (primary N) is 1. The van der Waals surface area contributed by atoms with Crippen molar-refractivity contribution in [2.24, 2.45) is 5.73 Å². The van der Waals surface area contributed by atoms with Gasteiger partial charge >= 0.3 is 0 Å². The third-order valence-electron chi connectivity index (χ3n) is 2.58. The Morgan fingerprint density at radius 2 is 2.00 bits per heavy atom. The van der Waals surface area contributed by atoms with Crippen LogP contribution in [0.3, 0.4) is 0 Å². The van der Waals surface area contributed by atoms with Crippen molar-refractivity contribution in [3.63, 3.8) is 0 Å². The van der Waals surface area contributed by atoms with Gasteiger partial charge in [-0.15, -0.1) is 0 Å². The first-order valence-corrected chi connectivity index (χ1v) is 5.22. The lowest BCUT2D eigenvalue weighted by Crippen LogP contribution is -2.28. The van der Waals surface area contributed by atoms with E-state index in [1.165, 1.54) is 14.2 Å². The van der Waals surface area contributed by atoms with E-state index in [2.05, 4.69) is 9.97 Å². The highest BCUT2D eigenvalue weighted by Crippen LogP contribution is 2.22. The predicted molar refractivity (Wildman–Crippen MR) is 60.9 cm³/mol. The molecule has 0 saturated carbocycles. The van der Waals surface area contributed by atoms with Gasteiger partial charge in [0.25, 0.3) is 0 Å². The maximum absolute atomic E-state index is 10.6. The predicted octanol–water partition coefficient (Wildman–Crippen LogP) is 0.360. The summed E-state index contributed by atoms with van der Waals surface area (Å²) in [5.41, 5.74) is 6.34. The molecule has 2 N–H and O–H groups in total. The lowest BCUT2D eigenvalue weighted by molar-refractivity contribution is -0.204. The van der Waals surface area contributed by atoms with Crippen molar-refractivity contribution in [2.75, 3.05) is 14.2 Å². The molecule has 0 atom stereocenters. The average molecular weight is 239 g/mol. The summed E-state index contributed by atoms with van der Waals surface area (Å²) < 4.78 is 10.4. The van der Waals surface area contributed by atoms with Gasteiger partial charge in [0.15, 0.2) is 0 Å². The van der Waals surface area contributed by atoms with E-state index in [-0.39, 0.29) is 12.3 Å². The molecule has 6 heteroatoms. The fourth-order valence-corrected chi connectivity index (χ4v) is 1.26. The first kappa shape index (κ1) is 13.5. The van der Waals surface area contributed by atoms with Gasteiger partial charge in [0.05, 0.1) is 11.9 Å². The number of hydrogen-bond donors (Lipinski definition) is 1. The summed E-state index contributed by atoms with van der Waals surface area (Å²) >= 11 is 0. The number of carbonyl (C=O) groups is 1. The fraction of sp³-hybridized carbons (Fsp3) is 0.545. The molecule has 1 amide bonds. The number of carbonyl (C=O) groups excluding carboxylic acids is 1. The molecule has 94 valence electrons. The van der Waals surface area contributed by atoms with Crippen LogP contribution in [0.2, 0.25) is 0 Å². The van der Waals surface area contributed by atoms with Gasteiger partial charge in [-0.25, -0.2) is 0 Å². The monoisotopic (exact) mass is 239 g/mol. The molecule has 0 unspecified atom stereocenters. The van der Waals surface area contributed by atoms with Crippen molar-refractivity contribution in [3.8, 4) is 0 Å². The molecule has 0 spiro atoms. The van der Waals surface area contributed by atoms with Gasteiger partial charge < -0.3 is 15.2 Å². The smallest absolute Gasteiger partial charge is 0.217 e. The van der Waals surface area contributed by atoms with Crippen LogP contribution in [0.25, 0.3) is 0 Å². The number of ether oxygens (including phenoxy) is 2. The zero-order chi connectivity index (χ0) is 12.9. The van der Waals surface area contributed by atoms with E-state index in [1.807, 2.05) is 0 Å². The van der Waals surface area contributed by atoms with Crippen LogP contribution in [-0.2, 0) is 26.5 Å². The standard InChI is InChI=1S/C11H17N3O3/c1-11(16-2,17-3)9-7-13-8(6-14-9)4-5-10(12)15/h6-7H,4-5H2,1-3H3,(H2,12,15). The number of rotatable bonds is 6. The van der Waals surface area contributed by atoms with Gasteiger partial charge in [0, 0.05) is 26.8 Å². The number of primary amides is 1. The molecule has 0 saturated heterocycles. The summed E-state index contributed by atoms with van der Waals surface area (Å²) in [7, 11) is 3.07. The molecule has 1 rings (SSSR count). The minimum Gasteiger partial charge on any atom is -0.370 e. The van der Waals surface area contributed by atoms with E-state index >= 15 is 0 Å². The highest BCUT2D eigenvalue weighted by atomic mass is 16.7. The summed E-state index contributed by atoms with van der Waals surface area (Å²) in [5, 5.41) is 0. The van der Waals surface area contributed by atoms with Crippen molar-refractivity contribution >= 4 is 5.91 Å². The molecule has 0 aliphatic rings. The van der Waals surface area contributed by atoms with Crippen molar-refractivity contribution in [2.45, 2.75) is 25.6 Å². The van der Waals surface area contributed by atoms with E-state index in [4.69, 9.17) is 15.2 Å². The SMILES string of the molecule is COC(C)(OC)c1cnc(CCC(N)=O)cn1. The first-order chi connectivity index (χ1) is 8.01. The Bertz CT molecular complexity index is 374. The van der Waals surface area contributed by atoms with Gasteiger partial charge in [-0.3, -0.25) is 14.8 Å². The van der Waals surface area contributed by atoms with Crippen LogP contribution >= 0.6 is 0 Å². The zero-order valence-corrected chi connectivity index (χ0v) is 10.3. The molecule has 17 heavy (non-hydrogen) atoms. The number of hydrogen-bond acceptors (Lipinski definition) is 5. The molecule has 6 nitrogen and oxygen atoms in total. The maximum Gasteiger partial charge on any atom is 0.217 e. The van der Waals surface area contributed by atoms with Gasteiger partial charge in [-0.1, -0.05) is 0 Å². The lowest BCUT2D eigenvalue weighted by Gasteiger charge is -2.25. The quantitative estimate of drug-likeness (QED) is 0.724. The highest BCUT2D eigenvalue weighted by Gasteiger charge is 2.27. The van der Waals surface area contributed by atoms with Crippen LogP contribution in [0.4, 0.5) is 0 Å². The van der Waals surface area contributed by atoms with E-state index in [0.29, 0.717) is 17.8 Å². The number of methoxy groups -OCH3 is 2. The van der Waals surface area contributed by atoms with Crippen molar-refractivity contribution < 1.29 is 14.3 Å². The molecule has 1 aromatic heterocycles. The lowest BCUT2D eigenvalue weighted by atomic mass is 10.2. The van der Waals surface area contributed by atoms with Crippen molar-refractivity contribution in [3.05, 3.63) is 23.8 Å². The van der Waals surface area contributed by atoms with Crippen LogP contribution in [0, 0.1) is 0 Å². The minimum atomic E-state index is -0.908. The molecular formula is C11H17N3O3. The van der Waals surface area contributed by atoms with Gasteiger partial charge in [-0.2, -0.15) is 0 Å². The van der Waals surface area contributed by atoms with Gasteiger partial charge in [-0.05, 0) is 13.3 Å². The molecule has 0 radical (unpaired) electrons. The second kappa shape index (κ2) is 5.70. The topological polar surface area (TPSA) is 87.3 Å². The van der Waals surface area contributed by atoms with E-state index in [1.54, 1.807) is 19.3 Å². The van der Waals surface area contributed by atoms with E-state index in [9.17, 15) is 4.79 Å². The Balaban J connectivity index is 2.77. The van der Waals surface area contributed by atoms with Crippen LogP contribution in [0.5, 0.6) is 0 Å². The van der Waals surface area contributed by atoms with Gasteiger partial charge in [0.2, 0.25) is 11.7 Å². The molecule has 0 bridgehead atoms. The fourth-order valence-electron chi connectivity index (χ4n) is 1.26. The second-order valence-electron chi connectivity index (χ2n) is 3.71. The van der Waals surface area contributed by atoms with Crippen LogP contribution in [0.15, 0.2) is 12.4 Å². The third kappa shape index (κ3) is 3.47. The summed E-state index contributed by atoms with van der Waals surface area (Å²) in [6, 6.07) is 0. The summed E-state index contributed by atoms with van der Waals surface area (Å²) in [5.74, 6) is -1.26. The van der Waals surface area contributed by atoms with Crippen LogP contribution in [0.1, 0.15) is 24.7 Å². The number of amides is 1. The van der Waals surface area contributed by atoms with E-state index in [0.717, 1.165) is 0 Å². The van der Waals surface area contributed by atoms with Crippen molar-refractivity contribution in [1.29, 1.82) is 0 Å². The molecule has 0 aromatic carbocycles. The minimum absolute atomic E-state index is 0.264. The third-order valence-corrected chi connectivity index (χ3v) is 2.58. The average Bonchev–Trinajstić information content (AvgIpc) is 2.36. The van der Waals surface area contributed by atoms with Crippen LogP contribution < -0.4 is 5.73 Å². The summed E-state index contributed by atoms with van der Waals surface area (Å²) in [6.45, 7) is 1.75. The van der Waals surface area contributed by atoms with Gasteiger partial charge in [0.1, 0.15) is 5.69 Å². The molecule has 0 aliphatic carbocycles. The molecular weight excluding hydrogens is 222 g/mol. The molecule has 1 heterocycles. The number of aryl methyl sites for hydroxylation is 1. The summed E-state index contributed by atoms with van der Waals surface area (Å²) in [4.78, 5) is 19.0.